The molecule has 2 N–H and O–H groups in total. The molecule has 0 fully saturated rings. The van der Waals surface area contributed by atoms with Crippen molar-refractivity contribution in [1.82, 2.24) is 5.32 Å². The van der Waals surface area contributed by atoms with Gasteiger partial charge in [0.05, 0.1) is 12.8 Å². The van der Waals surface area contributed by atoms with Gasteiger partial charge in [-0.1, -0.05) is 30.3 Å². The lowest BCUT2D eigenvalue weighted by molar-refractivity contribution is -0.142. The van der Waals surface area contributed by atoms with Crippen LogP contribution in [-0.4, -0.2) is 43.1 Å². The summed E-state index contributed by atoms with van der Waals surface area (Å²) in [7, 11) is 0. The summed E-state index contributed by atoms with van der Waals surface area (Å²) in [4.78, 5) is 25.1. The van der Waals surface area contributed by atoms with E-state index in [0.717, 1.165) is 6.42 Å². The summed E-state index contributed by atoms with van der Waals surface area (Å²) in [6.45, 7) is 5.94. The van der Waals surface area contributed by atoms with Crippen LogP contribution in [0, 0.1) is 0 Å². The Morgan fingerprint density at radius 3 is 2.65 bits per heavy atom. The molecule has 0 unspecified atom stereocenters. The number of amides is 2. The van der Waals surface area contributed by atoms with E-state index < -0.39 is 12.0 Å². The topological polar surface area (TPSA) is 91.2 Å². The van der Waals surface area contributed by atoms with Crippen LogP contribution in [0.2, 0.25) is 0 Å². The largest absolute Gasteiger partial charge is 0.464 e. The Hall–Kier alpha value is -2.83. The Balaban J connectivity index is 2.70. The number of nitrogens with one attached hydrogen (secondary N) is 1. The molecule has 0 aliphatic carbocycles. The van der Waals surface area contributed by atoms with Crippen molar-refractivity contribution < 1.29 is 19.5 Å². The van der Waals surface area contributed by atoms with Crippen LogP contribution in [0.1, 0.15) is 18.9 Å². The van der Waals surface area contributed by atoms with Crippen molar-refractivity contribution in [2.24, 2.45) is 5.16 Å². The fourth-order valence-corrected chi connectivity index (χ4v) is 1.75. The average molecular weight is 319 g/mol. The zero-order valence-electron chi connectivity index (χ0n) is 13.1. The minimum Gasteiger partial charge on any atom is -0.464 e. The Morgan fingerprint density at radius 2 is 2.09 bits per heavy atom. The van der Waals surface area contributed by atoms with Crippen molar-refractivity contribution in [3.05, 3.63) is 42.5 Å². The smallest absolute Gasteiger partial charge is 0.325 e. The van der Waals surface area contributed by atoms with E-state index in [0.29, 0.717) is 17.9 Å². The molecule has 0 saturated carbocycles. The van der Waals surface area contributed by atoms with E-state index in [1.807, 2.05) is 6.92 Å². The fraction of sp³-hybridized carbons (Fsp3) is 0.312. The number of nitrogens with zero attached hydrogens (tertiary/aromatic N) is 2. The van der Waals surface area contributed by atoms with Crippen LogP contribution in [0.4, 0.5) is 10.5 Å². The predicted octanol–water partition coefficient (Wildman–Crippen LogP) is 2.15. The molecule has 7 heteroatoms. The van der Waals surface area contributed by atoms with Crippen LogP contribution in [0.15, 0.2) is 42.1 Å². The molecule has 0 aliphatic rings. The molecule has 2 amide bonds. The second-order valence-corrected chi connectivity index (χ2v) is 4.61. The summed E-state index contributed by atoms with van der Waals surface area (Å²) in [6.07, 6.45) is 3.59. The number of benzene rings is 1. The fourth-order valence-electron chi connectivity index (χ4n) is 1.75. The summed E-state index contributed by atoms with van der Waals surface area (Å²) in [5.41, 5.74) is 1.32. The maximum Gasteiger partial charge on any atom is 0.325 e. The van der Waals surface area contributed by atoms with E-state index in [1.54, 1.807) is 30.3 Å². The van der Waals surface area contributed by atoms with Gasteiger partial charge in [-0.25, -0.2) is 4.79 Å². The predicted molar refractivity (Wildman–Crippen MR) is 88.0 cm³/mol. The first-order valence-corrected chi connectivity index (χ1v) is 7.21. The molecule has 0 heterocycles. The number of hydrogen-bond donors (Lipinski definition) is 2. The third-order valence-corrected chi connectivity index (χ3v) is 2.82. The molecule has 0 aromatic heterocycles. The van der Waals surface area contributed by atoms with Gasteiger partial charge in [-0.3, -0.25) is 9.69 Å². The van der Waals surface area contributed by atoms with Crippen LogP contribution in [0.5, 0.6) is 0 Å². The first-order valence-electron chi connectivity index (χ1n) is 7.21. The monoisotopic (exact) mass is 319 g/mol. The lowest BCUT2D eigenvalue weighted by Gasteiger charge is -2.21. The Bertz CT molecular complexity index is 555. The van der Waals surface area contributed by atoms with E-state index in [4.69, 9.17) is 9.94 Å². The average Bonchev–Trinajstić information content (AvgIpc) is 2.57. The number of esters is 1. The molecule has 0 spiro atoms. The highest BCUT2D eigenvalue weighted by Gasteiger charge is 2.15. The van der Waals surface area contributed by atoms with Crippen LogP contribution in [0.25, 0.3) is 0 Å². The quantitative estimate of drug-likeness (QED) is 0.252. The SMILES string of the molecule is C=CCN(C(=O)NCC(=O)OCCC)c1ccc(C=NO)cc1. The molecule has 1 aromatic rings. The summed E-state index contributed by atoms with van der Waals surface area (Å²) in [5.74, 6) is -0.478. The van der Waals surface area contributed by atoms with Gasteiger partial charge in [-0.05, 0) is 24.1 Å². The number of rotatable bonds is 8. The Kier molecular flexibility index (Phi) is 7.91. The van der Waals surface area contributed by atoms with E-state index in [1.165, 1.54) is 11.1 Å². The van der Waals surface area contributed by atoms with Gasteiger partial charge in [-0.15, -0.1) is 6.58 Å². The lowest BCUT2D eigenvalue weighted by Crippen LogP contribution is -2.42. The summed E-state index contributed by atoms with van der Waals surface area (Å²) in [6, 6.07) is 6.38. The van der Waals surface area contributed by atoms with Gasteiger partial charge in [0.2, 0.25) is 0 Å². The van der Waals surface area contributed by atoms with Gasteiger partial charge < -0.3 is 15.3 Å². The van der Waals surface area contributed by atoms with Gasteiger partial charge in [0.25, 0.3) is 0 Å². The van der Waals surface area contributed by atoms with Gasteiger partial charge in [0.1, 0.15) is 6.54 Å². The second-order valence-electron chi connectivity index (χ2n) is 4.61. The highest BCUT2D eigenvalue weighted by Crippen LogP contribution is 2.15. The number of oxime groups is 1. The number of hydrogen-bond acceptors (Lipinski definition) is 5. The molecular formula is C16H21N3O4. The molecule has 0 bridgehead atoms. The second kappa shape index (κ2) is 9.99. The van der Waals surface area contributed by atoms with Gasteiger partial charge in [-0.2, -0.15) is 0 Å². The summed E-state index contributed by atoms with van der Waals surface area (Å²) < 4.78 is 4.90. The third-order valence-electron chi connectivity index (χ3n) is 2.82. The van der Waals surface area contributed by atoms with Crippen molar-refractivity contribution in [2.45, 2.75) is 13.3 Å². The molecule has 0 aliphatic heterocycles. The Labute approximate surface area is 135 Å². The van der Waals surface area contributed by atoms with Crippen molar-refractivity contribution in [3.63, 3.8) is 0 Å². The zero-order valence-corrected chi connectivity index (χ0v) is 13.1. The highest BCUT2D eigenvalue weighted by atomic mass is 16.5. The van der Waals surface area contributed by atoms with Crippen LogP contribution >= 0.6 is 0 Å². The summed E-state index contributed by atoms with van der Waals surface area (Å²) in [5, 5.41) is 13.9. The molecule has 23 heavy (non-hydrogen) atoms. The van der Waals surface area contributed by atoms with Gasteiger partial charge in [0, 0.05) is 12.2 Å². The molecular weight excluding hydrogens is 298 g/mol. The first kappa shape index (κ1) is 18.2. The van der Waals surface area contributed by atoms with Gasteiger partial charge >= 0.3 is 12.0 Å². The van der Waals surface area contributed by atoms with Crippen molar-refractivity contribution in [3.8, 4) is 0 Å². The maximum atomic E-state index is 12.2. The van der Waals surface area contributed by atoms with E-state index in [9.17, 15) is 9.59 Å². The lowest BCUT2D eigenvalue weighted by atomic mass is 10.2. The van der Waals surface area contributed by atoms with Crippen molar-refractivity contribution >= 4 is 23.9 Å². The number of anilines is 1. The van der Waals surface area contributed by atoms with E-state index in [-0.39, 0.29) is 13.1 Å². The Morgan fingerprint density at radius 1 is 1.39 bits per heavy atom. The van der Waals surface area contributed by atoms with E-state index in [2.05, 4.69) is 17.1 Å². The molecule has 7 nitrogen and oxygen atoms in total. The minimum atomic E-state index is -0.478. The summed E-state index contributed by atoms with van der Waals surface area (Å²) >= 11 is 0. The third kappa shape index (κ3) is 6.21. The number of carbonyl (C=O) groups is 2. The van der Waals surface area contributed by atoms with Gasteiger partial charge in [0.15, 0.2) is 0 Å². The standard InChI is InChI=1S/C16H21N3O4/c1-3-9-19(14-7-5-13(6-8-14)11-18-22)16(21)17-12-15(20)23-10-4-2/h3,5-8,11,22H,1,4,9-10,12H2,2H3,(H,17,21). The number of carbonyl (C=O) groups excluding carboxylic acids is 2. The van der Waals surface area contributed by atoms with Crippen LogP contribution in [0.3, 0.4) is 0 Å². The van der Waals surface area contributed by atoms with Crippen molar-refractivity contribution in [1.29, 1.82) is 0 Å². The number of urea groups is 1. The van der Waals surface area contributed by atoms with E-state index >= 15 is 0 Å². The molecule has 0 atom stereocenters. The molecule has 1 aromatic carbocycles. The highest BCUT2D eigenvalue weighted by molar-refractivity contribution is 5.94. The first-order chi connectivity index (χ1) is 11.1. The molecule has 124 valence electrons. The zero-order chi connectivity index (χ0) is 17.1. The van der Waals surface area contributed by atoms with Crippen LogP contribution < -0.4 is 10.2 Å². The van der Waals surface area contributed by atoms with Crippen molar-refractivity contribution in [2.75, 3.05) is 24.6 Å². The molecule has 0 saturated heterocycles. The number of ether oxygens (including phenoxy) is 1. The molecule has 0 radical (unpaired) electrons. The normalized spacial score (nSPS) is 10.3. The van der Waals surface area contributed by atoms with Crippen LogP contribution in [-0.2, 0) is 9.53 Å². The minimum absolute atomic E-state index is 0.193. The maximum absolute atomic E-state index is 12.2. The molecule has 1 rings (SSSR count).